The molecule has 2 rings (SSSR count). The number of rotatable bonds is 5. The van der Waals surface area contributed by atoms with Gasteiger partial charge in [0.1, 0.15) is 6.10 Å². The zero-order valence-electron chi connectivity index (χ0n) is 18.4. The SMILES string of the molecule is C[C@@H](O)C(=O)NC(C)(C)CC(=O)N1CC[C@](O)(C2=CCC(C)(Cl)C=C2)C(C)(C)C1. The summed E-state index contributed by atoms with van der Waals surface area (Å²) in [5, 5.41) is 23.6. The van der Waals surface area contributed by atoms with Gasteiger partial charge in [-0.2, -0.15) is 0 Å². The Morgan fingerprint density at radius 3 is 2.45 bits per heavy atom. The van der Waals surface area contributed by atoms with E-state index in [2.05, 4.69) is 5.32 Å². The van der Waals surface area contributed by atoms with E-state index in [1.54, 1.807) is 18.7 Å². The lowest BCUT2D eigenvalue weighted by Gasteiger charge is -2.52. The van der Waals surface area contributed by atoms with Crippen molar-refractivity contribution in [2.75, 3.05) is 13.1 Å². The van der Waals surface area contributed by atoms with Gasteiger partial charge in [-0.1, -0.05) is 32.1 Å². The molecule has 0 aromatic heterocycles. The first kappa shape index (κ1) is 23.9. The number of aliphatic hydroxyl groups is 2. The van der Waals surface area contributed by atoms with Crippen molar-refractivity contribution in [3.8, 4) is 0 Å². The van der Waals surface area contributed by atoms with E-state index in [0.29, 0.717) is 25.9 Å². The first-order valence-electron chi connectivity index (χ1n) is 10.2. The third-order valence-corrected chi connectivity index (χ3v) is 6.33. The van der Waals surface area contributed by atoms with Crippen LogP contribution in [0.15, 0.2) is 23.8 Å². The number of alkyl halides is 1. The van der Waals surface area contributed by atoms with Gasteiger partial charge in [0.05, 0.1) is 10.5 Å². The monoisotopic (exact) mass is 426 g/mol. The molecule has 3 atom stereocenters. The summed E-state index contributed by atoms with van der Waals surface area (Å²) < 4.78 is 0. The van der Waals surface area contributed by atoms with Crippen LogP contribution in [0.4, 0.5) is 0 Å². The summed E-state index contributed by atoms with van der Waals surface area (Å²) in [5.41, 5.74) is -1.51. The van der Waals surface area contributed by atoms with Crippen LogP contribution in [0.2, 0.25) is 0 Å². The van der Waals surface area contributed by atoms with Crippen LogP contribution < -0.4 is 5.32 Å². The van der Waals surface area contributed by atoms with Gasteiger partial charge in [0.25, 0.3) is 0 Å². The van der Waals surface area contributed by atoms with Crippen LogP contribution in [0, 0.1) is 5.41 Å². The maximum Gasteiger partial charge on any atom is 0.248 e. The summed E-state index contributed by atoms with van der Waals surface area (Å²) in [5.74, 6) is -0.587. The van der Waals surface area contributed by atoms with Gasteiger partial charge < -0.3 is 20.4 Å². The van der Waals surface area contributed by atoms with Crippen LogP contribution in [0.3, 0.4) is 0 Å². The summed E-state index contributed by atoms with van der Waals surface area (Å²) in [6, 6.07) is 0. The van der Waals surface area contributed by atoms with Gasteiger partial charge in [-0.05, 0) is 46.1 Å². The lowest BCUT2D eigenvalue weighted by atomic mass is 9.65. The van der Waals surface area contributed by atoms with Crippen LogP contribution in [-0.2, 0) is 9.59 Å². The van der Waals surface area contributed by atoms with Crippen molar-refractivity contribution in [2.45, 2.75) is 82.9 Å². The van der Waals surface area contributed by atoms with Gasteiger partial charge >= 0.3 is 0 Å². The van der Waals surface area contributed by atoms with E-state index in [0.717, 1.165) is 5.57 Å². The molecule has 1 heterocycles. The molecule has 164 valence electrons. The molecule has 6 nitrogen and oxygen atoms in total. The standard InChI is InChI=1S/C22H35ClN2O4/c1-15(26)18(28)24-20(4,5)13-17(27)25-12-11-22(29,19(2,3)14-25)16-7-9-21(6,23)10-8-16/h7-9,15,26,29H,10-14H2,1-6H3,(H,24,28)/t15-,21?,22+/m1/s1. The van der Waals surface area contributed by atoms with Crippen molar-refractivity contribution in [3.05, 3.63) is 23.8 Å². The number of nitrogens with one attached hydrogen (secondary N) is 1. The maximum absolute atomic E-state index is 12.9. The Labute approximate surface area is 179 Å². The van der Waals surface area contributed by atoms with E-state index in [-0.39, 0.29) is 12.3 Å². The second-order valence-electron chi connectivity index (χ2n) is 10.0. The highest BCUT2D eigenvalue weighted by Gasteiger charge is 2.50. The Morgan fingerprint density at radius 1 is 1.34 bits per heavy atom. The minimum atomic E-state index is -1.13. The van der Waals surface area contributed by atoms with Gasteiger partial charge in [0, 0.05) is 30.5 Å². The Balaban J connectivity index is 2.08. The van der Waals surface area contributed by atoms with Crippen molar-refractivity contribution >= 4 is 23.4 Å². The Kier molecular flexibility index (Phi) is 6.63. The highest BCUT2D eigenvalue weighted by molar-refractivity contribution is 6.25. The molecule has 0 aromatic carbocycles. The predicted molar refractivity (Wildman–Crippen MR) is 115 cm³/mol. The molecule has 0 bridgehead atoms. The van der Waals surface area contributed by atoms with Gasteiger partial charge in [-0.25, -0.2) is 0 Å². The number of hydrogen-bond acceptors (Lipinski definition) is 4. The van der Waals surface area contributed by atoms with Gasteiger partial charge in [-0.15, -0.1) is 11.6 Å². The van der Waals surface area contributed by atoms with Gasteiger partial charge in [0.2, 0.25) is 11.8 Å². The Bertz CT molecular complexity index is 724. The summed E-state index contributed by atoms with van der Waals surface area (Å²) in [6.07, 6.45) is 5.90. The Hall–Kier alpha value is -1.37. The highest BCUT2D eigenvalue weighted by atomic mass is 35.5. The molecule has 1 aliphatic carbocycles. The number of carbonyl (C=O) groups excluding carboxylic acids is 2. The topological polar surface area (TPSA) is 89.9 Å². The van der Waals surface area contributed by atoms with Crippen LogP contribution in [0.1, 0.15) is 60.8 Å². The molecule has 29 heavy (non-hydrogen) atoms. The number of hydrogen-bond donors (Lipinski definition) is 3. The predicted octanol–water partition coefficient (Wildman–Crippen LogP) is 2.53. The summed E-state index contributed by atoms with van der Waals surface area (Å²) in [6.45, 7) is 11.6. The van der Waals surface area contributed by atoms with E-state index in [9.17, 15) is 19.8 Å². The number of halogens is 1. The number of likely N-dealkylation sites (tertiary alicyclic amines) is 1. The zero-order valence-corrected chi connectivity index (χ0v) is 19.1. The van der Waals surface area contributed by atoms with E-state index < -0.39 is 33.4 Å². The largest absolute Gasteiger partial charge is 0.384 e. The number of allylic oxidation sites excluding steroid dienone is 2. The summed E-state index contributed by atoms with van der Waals surface area (Å²) >= 11 is 6.36. The van der Waals surface area contributed by atoms with Crippen LogP contribution in [-0.4, -0.2) is 62.1 Å². The van der Waals surface area contributed by atoms with Crippen LogP contribution in [0.5, 0.6) is 0 Å². The average molecular weight is 427 g/mol. The van der Waals surface area contributed by atoms with E-state index in [1.165, 1.54) is 6.92 Å². The van der Waals surface area contributed by atoms with Crippen molar-refractivity contribution < 1.29 is 19.8 Å². The third kappa shape index (κ3) is 5.41. The lowest BCUT2D eigenvalue weighted by Crippen LogP contribution is -2.60. The fourth-order valence-corrected chi connectivity index (χ4v) is 4.20. The zero-order chi connectivity index (χ0) is 22.3. The molecule has 0 aromatic rings. The van der Waals surface area contributed by atoms with Gasteiger partial charge in [-0.3, -0.25) is 9.59 Å². The molecule has 1 saturated heterocycles. The highest BCUT2D eigenvalue weighted by Crippen LogP contribution is 2.46. The molecular weight excluding hydrogens is 392 g/mol. The van der Waals surface area contributed by atoms with E-state index in [1.807, 2.05) is 39.0 Å². The average Bonchev–Trinajstić information content (AvgIpc) is 2.56. The third-order valence-electron chi connectivity index (χ3n) is 6.05. The second kappa shape index (κ2) is 8.05. The second-order valence-corrected chi connectivity index (χ2v) is 10.9. The molecule has 3 N–H and O–H groups in total. The normalized spacial score (nSPS) is 30.5. The minimum absolute atomic E-state index is 0.0856. The van der Waals surface area contributed by atoms with E-state index in [4.69, 9.17) is 11.6 Å². The van der Waals surface area contributed by atoms with Crippen molar-refractivity contribution in [1.29, 1.82) is 0 Å². The van der Waals surface area contributed by atoms with Gasteiger partial charge in [0.15, 0.2) is 0 Å². The van der Waals surface area contributed by atoms with Crippen molar-refractivity contribution in [2.24, 2.45) is 5.41 Å². The molecule has 1 unspecified atom stereocenters. The van der Waals surface area contributed by atoms with Crippen LogP contribution >= 0.6 is 11.6 Å². The lowest BCUT2D eigenvalue weighted by molar-refractivity contribution is -0.145. The van der Waals surface area contributed by atoms with E-state index >= 15 is 0 Å². The fourth-order valence-electron chi connectivity index (χ4n) is 4.06. The van der Waals surface area contributed by atoms with Crippen molar-refractivity contribution in [3.63, 3.8) is 0 Å². The molecule has 0 saturated carbocycles. The number of nitrogens with zero attached hydrogens (tertiary/aromatic N) is 1. The molecule has 1 aliphatic heterocycles. The summed E-state index contributed by atoms with van der Waals surface area (Å²) in [4.78, 5) is 26.0. The molecule has 7 heteroatoms. The number of amides is 2. The molecular formula is C22H35ClN2O4. The first-order chi connectivity index (χ1) is 13.1. The fraction of sp³-hybridized carbons (Fsp3) is 0.727. The van der Waals surface area contributed by atoms with Crippen molar-refractivity contribution in [1.82, 2.24) is 10.2 Å². The molecule has 2 amide bonds. The molecule has 0 spiro atoms. The Morgan fingerprint density at radius 2 is 1.97 bits per heavy atom. The first-order valence-corrected chi connectivity index (χ1v) is 10.6. The number of aliphatic hydroxyl groups excluding tert-OH is 1. The summed E-state index contributed by atoms with van der Waals surface area (Å²) in [7, 11) is 0. The van der Waals surface area contributed by atoms with Crippen LogP contribution in [0.25, 0.3) is 0 Å². The minimum Gasteiger partial charge on any atom is -0.384 e. The molecule has 0 radical (unpaired) electrons. The quantitative estimate of drug-likeness (QED) is 0.589. The molecule has 2 aliphatic rings. The number of carbonyl (C=O) groups is 2. The maximum atomic E-state index is 12.9. The molecule has 1 fully saturated rings. The smallest absolute Gasteiger partial charge is 0.248 e. The number of piperidine rings is 1.